The van der Waals surface area contributed by atoms with Crippen LogP contribution in [0.15, 0.2) is 134 Å². The number of para-hydroxylation sites is 1. The Hall–Kier alpha value is -4.74. The van der Waals surface area contributed by atoms with Crippen molar-refractivity contribution in [1.29, 1.82) is 0 Å². The van der Waals surface area contributed by atoms with Crippen LogP contribution in [0.5, 0.6) is 5.75 Å². The smallest absolute Gasteiger partial charge is 0.537 e. The maximum atomic E-state index is 9.09. The number of aryl methyl sites for hydroxylation is 1. The van der Waals surface area contributed by atoms with E-state index in [-0.39, 0.29) is 0 Å². The summed E-state index contributed by atoms with van der Waals surface area (Å²) < 4.78 is 9.65. The zero-order valence-electron chi connectivity index (χ0n) is 22.4. The molecule has 6 rings (SSSR count). The summed E-state index contributed by atoms with van der Waals surface area (Å²) in [7, 11) is 0.724. The molecule has 193 valence electrons. The van der Waals surface area contributed by atoms with Crippen molar-refractivity contribution in [1.82, 2.24) is 0 Å². The predicted octanol–water partition coefficient (Wildman–Crippen LogP) is 6.06. The zero-order valence-corrected chi connectivity index (χ0v) is 22.4. The highest BCUT2D eigenvalue weighted by Gasteiger charge is 2.12. The quantitative estimate of drug-likeness (QED) is 0.195. The standard InChI is InChI=1S/C35H30BN2O2/c1-26-8-2-3-9-31(26)22-37-18-6-11-32(23-37)29-16-14-28-21-30(17-15-27(28)20-29)33-12-7-19-38(24-33)25-34-10-4-5-13-35(34)40-36-39/h2-21,23-24,39H,22,25H2,1H3/q+2. The monoisotopic (exact) mass is 521 g/mol. The molecule has 2 heterocycles. The number of benzene rings is 4. The van der Waals surface area contributed by atoms with Gasteiger partial charge in [0.25, 0.3) is 0 Å². The van der Waals surface area contributed by atoms with Gasteiger partial charge in [-0.25, -0.2) is 9.13 Å². The minimum absolute atomic E-state index is 0.635. The van der Waals surface area contributed by atoms with E-state index in [2.05, 4.69) is 120 Å². The summed E-state index contributed by atoms with van der Waals surface area (Å²) in [4.78, 5) is 0. The first kappa shape index (κ1) is 25.5. The number of nitrogens with zero attached hydrogens (tertiary/aromatic N) is 2. The van der Waals surface area contributed by atoms with Gasteiger partial charge in [-0.2, -0.15) is 0 Å². The lowest BCUT2D eigenvalue weighted by molar-refractivity contribution is -0.688. The van der Waals surface area contributed by atoms with Crippen LogP contribution in [0.3, 0.4) is 0 Å². The molecule has 4 aromatic carbocycles. The van der Waals surface area contributed by atoms with Crippen LogP contribution in [0.4, 0.5) is 0 Å². The van der Waals surface area contributed by atoms with Crippen molar-refractivity contribution < 1.29 is 18.8 Å². The minimum atomic E-state index is 0.635. The van der Waals surface area contributed by atoms with Crippen LogP contribution in [0, 0.1) is 6.92 Å². The Bertz CT molecular complexity index is 1800. The van der Waals surface area contributed by atoms with E-state index in [9.17, 15) is 0 Å². The van der Waals surface area contributed by atoms with Crippen molar-refractivity contribution in [2.45, 2.75) is 20.0 Å². The van der Waals surface area contributed by atoms with E-state index in [4.69, 9.17) is 9.68 Å². The number of hydrogen-bond donors (Lipinski definition) is 1. The SMILES string of the molecule is Cc1ccccc1C[n+]1cccc(-c2ccc3cc(-c4ccc[n+](Cc5ccccc5O[B]O)c4)ccc3c2)c1. The van der Waals surface area contributed by atoms with Gasteiger partial charge in [-0.3, -0.25) is 0 Å². The Morgan fingerprint density at radius 2 is 1.15 bits per heavy atom. The summed E-state index contributed by atoms with van der Waals surface area (Å²) in [5.74, 6) is 0.642. The van der Waals surface area contributed by atoms with E-state index in [1.807, 2.05) is 30.5 Å². The lowest BCUT2D eigenvalue weighted by Crippen LogP contribution is -2.33. The third-order valence-electron chi connectivity index (χ3n) is 7.34. The van der Waals surface area contributed by atoms with Crippen LogP contribution in [0.2, 0.25) is 0 Å². The van der Waals surface area contributed by atoms with Crippen molar-refractivity contribution >= 4 is 18.5 Å². The summed E-state index contributed by atoms with van der Waals surface area (Å²) in [5.41, 5.74) is 8.35. The molecule has 0 bridgehead atoms. The highest BCUT2D eigenvalue weighted by Crippen LogP contribution is 2.28. The van der Waals surface area contributed by atoms with E-state index < -0.39 is 0 Å². The van der Waals surface area contributed by atoms with Crippen LogP contribution in [0.1, 0.15) is 16.7 Å². The maximum Gasteiger partial charge on any atom is 0.569 e. The molecule has 4 nitrogen and oxygen atoms in total. The van der Waals surface area contributed by atoms with Gasteiger partial charge in [-0.1, -0.05) is 60.7 Å². The number of rotatable bonds is 8. The van der Waals surface area contributed by atoms with E-state index in [1.54, 1.807) is 0 Å². The fourth-order valence-corrected chi connectivity index (χ4v) is 5.17. The van der Waals surface area contributed by atoms with Crippen LogP contribution in [0.25, 0.3) is 33.0 Å². The molecule has 1 N–H and O–H groups in total. The van der Waals surface area contributed by atoms with E-state index >= 15 is 0 Å². The first-order valence-corrected chi connectivity index (χ1v) is 13.4. The molecule has 2 aromatic heterocycles. The van der Waals surface area contributed by atoms with Gasteiger partial charge in [-0.15, -0.1) is 0 Å². The normalized spacial score (nSPS) is 10.9. The molecular formula is C35H30BN2O2+2. The van der Waals surface area contributed by atoms with Gasteiger partial charge < -0.3 is 9.68 Å². The molecule has 0 atom stereocenters. The number of hydrogen-bond acceptors (Lipinski definition) is 2. The second-order valence-electron chi connectivity index (χ2n) is 10.1. The fourth-order valence-electron chi connectivity index (χ4n) is 5.17. The average Bonchev–Trinajstić information content (AvgIpc) is 2.99. The summed E-state index contributed by atoms with van der Waals surface area (Å²) >= 11 is 0. The van der Waals surface area contributed by atoms with E-state index in [0.717, 1.165) is 25.4 Å². The van der Waals surface area contributed by atoms with Crippen molar-refractivity contribution in [3.63, 3.8) is 0 Å². The molecule has 0 aliphatic carbocycles. The van der Waals surface area contributed by atoms with Gasteiger partial charge in [0.2, 0.25) is 0 Å². The van der Waals surface area contributed by atoms with Crippen molar-refractivity contribution in [3.05, 3.63) is 151 Å². The molecule has 0 aliphatic rings. The van der Waals surface area contributed by atoms with Crippen molar-refractivity contribution in [3.8, 4) is 28.0 Å². The highest BCUT2D eigenvalue weighted by molar-refractivity contribution is 6.17. The number of pyridine rings is 2. The fraction of sp³-hybridized carbons (Fsp3) is 0.0857. The summed E-state index contributed by atoms with van der Waals surface area (Å²) in [5, 5.41) is 11.5. The summed E-state index contributed by atoms with van der Waals surface area (Å²) in [6.45, 7) is 3.65. The zero-order chi connectivity index (χ0) is 27.3. The van der Waals surface area contributed by atoms with Gasteiger partial charge in [-0.05, 0) is 70.8 Å². The van der Waals surface area contributed by atoms with Gasteiger partial charge in [0.1, 0.15) is 5.75 Å². The van der Waals surface area contributed by atoms with Gasteiger partial charge >= 0.3 is 7.69 Å². The molecule has 0 saturated heterocycles. The first-order valence-electron chi connectivity index (χ1n) is 13.4. The second-order valence-corrected chi connectivity index (χ2v) is 10.1. The maximum absolute atomic E-state index is 9.09. The molecular weight excluding hydrogens is 491 g/mol. The van der Waals surface area contributed by atoms with Crippen LogP contribution in [-0.2, 0) is 13.1 Å². The van der Waals surface area contributed by atoms with Gasteiger partial charge in [0.15, 0.2) is 37.9 Å². The van der Waals surface area contributed by atoms with Crippen molar-refractivity contribution in [2.75, 3.05) is 0 Å². The highest BCUT2D eigenvalue weighted by atomic mass is 16.5. The van der Waals surface area contributed by atoms with Crippen LogP contribution < -0.4 is 13.8 Å². The molecule has 0 unspecified atom stereocenters. The summed E-state index contributed by atoms with van der Waals surface area (Å²) in [6, 6.07) is 38.1. The Morgan fingerprint density at radius 3 is 1.75 bits per heavy atom. The molecule has 0 fully saturated rings. The van der Waals surface area contributed by atoms with Crippen LogP contribution >= 0.6 is 0 Å². The molecule has 0 saturated carbocycles. The molecule has 6 aromatic rings. The Balaban J connectivity index is 1.25. The first-order chi connectivity index (χ1) is 19.7. The van der Waals surface area contributed by atoms with Gasteiger partial charge in [0, 0.05) is 28.8 Å². The lowest BCUT2D eigenvalue weighted by Gasteiger charge is -2.08. The Labute approximate surface area is 235 Å². The van der Waals surface area contributed by atoms with E-state index in [0.29, 0.717) is 12.3 Å². The Morgan fingerprint density at radius 1 is 0.600 bits per heavy atom. The third kappa shape index (κ3) is 5.65. The lowest BCUT2D eigenvalue weighted by atomic mass is 9.99. The van der Waals surface area contributed by atoms with Crippen molar-refractivity contribution in [2.24, 2.45) is 0 Å². The Kier molecular flexibility index (Phi) is 7.38. The largest absolute Gasteiger partial charge is 0.569 e. The summed E-state index contributed by atoms with van der Waals surface area (Å²) in [6.07, 6.45) is 8.55. The average molecular weight is 521 g/mol. The third-order valence-corrected chi connectivity index (χ3v) is 7.34. The molecule has 40 heavy (non-hydrogen) atoms. The molecule has 0 amide bonds. The van der Waals surface area contributed by atoms with E-state index in [1.165, 1.54) is 38.6 Å². The number of aromatic nitrogens is 2. The molecule has 0 aliphatic heterocycles. The second kappa shape index (κ2) is 11.6. The topological polar surface area (TPSA) is 37.2 Å². The molecule has 1 radical (unpaired) electrons. The number of fused-ring (bicyclic) bond motifs is 1. The van der Waals surface area contributed by atoms with Crippen LogP contribution in [-0.4, -0.2) is 12.7 Å². The molecule has 0 spiro atoms. The van der Waals surface area contributed by atoms with Gasteiger partial charge in [0.05, 0.1) is 5.56 Å². The predicted molar refractivity (Wildman–Crippen MR) is 160 cm³/mol. The molecule has 5 heteroatoms. The minimum Gasteiger partial charge on any atom is -0.537 e.